The highest BCUT2D eigenvalue weighted by atomic mass is 32.2. The van der Waals surface area contributed by atoms with Crippen molar-refractivity contribution in [2.45, 2.75) is 59.8 Å². The average Bonchev–Trinajstić information content (AvgIpc) is 3.00. The van der Waals surface area contributed by atoms with Crippen LogP contribution >= 0.6 is 0 Å². The van der Waals surface area contributed by atoms with E-state index >= 15 is 8.78 Å². The van der Waals surface area contributed by atoms with E-state index in [4.69, 9.17) is 9.47 Å². The van der Waals surface area contributed by atoms with Crippen LogP contribution in [0.25, 0.3) is 0 Å². The van der Waals surface area contributed by atoms with E-state index in [0.717, 1.165) is 29.8 Å². The largest absolute Gasteiger partial charge is 0.497 e. The van der Waals surface area contributed by atoms with Crippen LogP contribution in [0.3, 0.4) is 0 Å². The molecule has 3 aromatic rings. The Morgan fingerprint density at radius 3 is 2.31 bits per heavy atom. The molecule has 3 unspecified atom stereocenters. The molecule has 6 rings (SSSR count). The first-order valence-electron chi connectivity index (χ1n) is 14.4. The molecule has 3 aliphatic rings. The smallest absolute Gasteiger partial charge is 0.416 e. The first-order chi connectivity index (χ1) is 21.1. The molecular formula is C32H32F5NO5S2. The van der Waals surface area contributed by atoms with Crippen LogP contribution in [-0.2, 0) is 37.0 Å². The number of rotatable bonds is 5. The predicted molar refractivity (Wildman–Crippen MR) is 160 cm³/mol. The van der Waals surface area contributed by atoms with Crippen LogP contribution in [0.15, 0.2) is 65.6 Å². The Kier molecular flexibility index (Phi) is 7.76. The summed E-state index contributed by atoms with van der Waals surface area (Å²) < 4.78 is 125. The van der Waals surface area contributed by atoms with Crippen molar-refractivity contribution in [1.29, 1.82) is 0 Å². The van der Waals surface area contributed by atoms with Gasteiger partial charge < -0.3 is 9.47 Å². The Balaban J connectivity index is 1.50. The Hall–Kier alpha value is -3.16. The van der Waals surface area contributed by atoms with Crippen molar-refractivity contribution in [1.82, 2.24) is 4.31 Å². The summed E-state index contributed by atoms with van der Waals surface area (Å²) in [4.78, 5) is -0.435. The Bertz CT molecular complexity index is 1830. The molecule has 2 fully saturated rings. The fourth-order valence-electron chi connectivity index (χ4n) is 7.50. The lowest BCUT2D eigenvalue weighted by Crippen LogP contribution is -2.64. The van der Waals surface area contributed by atoms with E-state index in [2.05, 4.69) is 5.87 Å². The predicted octanol–water partition coefficient (Wildman–Crippen LogP) is 6.37. The molecule has 0 amide bonds. The van der Waals surface area contributed by atoms with E-state index in [0.29, 0.717) is 17.9 Å². The molecular weight excluding hydrogens is 637 g/mol. The molecule has 242 valence electrons. The zero-order chi connectivity index (χ0) is 32.5. The van der Waals surface area contributed by atoms with Crippen LogP contribution in [0.1, 0.15) is 42.9 Å². The van der Waals surface area contributed by atoms with Gasteiger partial charge in [0.1, 0.15) is 16.3 Å². The number of benzene rings is 3. The number of alkyl halides is 3. The van der Waals surface area contributed by atoms with Crippen molar-refractivity contribution in [3.05, 3.63) is 89.0 Å². The SMILES string of the molecule is C=S1(=O)C(C)CC2[C@@H](CC[C@@]3(S(=O)(=O)c4ccc(C(F)(F)F)cc4)c4c(F)ccc(F)c4OC[C@@H]23)N1Cc1ccc(OC)cc1. The molecule has 13 heteroatoms. The second-order valence-electron chi connectivity index (χ2n) is 12.0. The van der Waals surface area contributed by atoms with Crippen LogP contribution in [0.4, 0.5) is 22.0 Å². The highest BCUT2D eigenvalue weighted by Gasteiger charge is 2.64. The third-order valence-corrected chi connectivity index (χ3v) is 15.0. The maximum absolute atomic E-state index is 15.8. The van der Waals surface area contributed by atoms with Gasteiger partial charge in [0.2, 0.25) is 0 Å². The minimum absolute atomic E-state index is 0.131. The summed E-state index contributed by atoms with van der Waals surface area (Å²) in [5.41, 5.74) is -0.663. The number of halogens is 5. The van der Waals surface area contributed by atoms with Gasteiger partial charge in [-0.1, -0.05) is 19.1 Å². The van der Waals surface area contributed by atoms with Gasteiger partial charge in [-0.15, -0.1) is 0 Å². The van der Waals surface area contributed by atoms with Gasteiger partial charge in [0.05, 0.1) is 29.7 Å². The molecule has 2 heterocycles. The molecule has 1 saturated heterocycles. The number of hydrogen-bond acceptors (Lipinski definition) is 5. The molecule has 0 spiro atoms. The first kappa shape index (κ1) is 31.8. The second-order valence-corrected chi connectivity index (χ2v) is 16.9. The topological polar surface area (TPSA) is 72.9 Å². The summed E-state index contributed by atoms with van der Waals surface area (Å²) in [6.07, 6.45) is -4.50. The molecule has 45 heavy (non-hydrogen) atoms. The molecule has 1 aliphatic carbocycles. The third kappa shape index (κ3) is 4.93. The van der Waals surface area contributed by atoms with Gasteiger partial charge >= 0.3 is 6.18 Å². The maximum Gasteiger partial charge on any atom is 0.416 e. The van der Waals surface area contributed by atoms with Crippen molar-refractivity contribution in [2.75, 3.05) is 13.7 Å². The van der Waals surface area contributed by atoms with E-state index in [9.17, 15) is 25.8 Å². The van der Waals surface area contributed by atoms with Crippen LogP contribution in [0, 0.1) is 23.5 Å². The van der Waals surface area contributed by atoms with Gasteiger partial charge in [0.15, 0.2) is 21.4 Å². The minimum atomic E-state index is -4.70. The van der Waals surface area contributed by atoms with Crippen molar-refractivity contribution in [3.63, 3.8) is 0 Å². The van der Waals surface area contributed by atoms with Crippen LogP contribution in [0.2, 0.25) is 0 Å². The van der Waals surface area contributed by atoms with Crippen molar-refractivity contribution in [3.8, 4) is 11.5 Å². The summed E-state index contributed by atoms with van der Waals surface area (Å²) >= 11 is 0. The zero-order valence-electron chi connectivity index (χ0n) is 24.5. The van der Waals surface area contributed by atoms with E-state index < -0.39 is 87.0 Å². The molecule has 0 radical (unpaired) electrons. The Morgan fingerprint density at radius 2 is 1.69 bits per heavy atom. The van der Waals surface area contributed by atoms with Crippen LogP contribution in [-0.4, -0.2) is 47.8 Å². The lowest BCUT2D eigenvalue weighted by molar-refractivity contribution is -0.137. The van der Waals surface area contributed by atoms with E-state index in [-0.39, 0.29) is 32.4 Å². The normalized spacial score (nSPS) is 30.0. The summed E-state index contributed by atoms with van der Waals surface area (Å²) in [6, 6.07) is 11.5. The van der Waals surface area contributed by atoms with Crippen molar-refractivity contribution < 1.29 is 44.1 Å². The quantitative estimate of drug-likeness (QED) is 0.233. The lowest BCUT2D eigenvalue weighted by atomic mass is 9.64. The second kappa shape index (κ2) is 11.0. The van der Waals surface area contributed by atoms with Gasteiger partial charge in [-0.05, 0) is 85.1 Å². The summed E-state index contributed by atoms with van der Waals surface area (Å²) in [5, 5.41) is -0.500. The van der Waals surface area contributed by atoms with Crippen molar-refractivity contribution in [2.24, 2.45) is 11.8 Å². The monoisotopic (exact) mass is 669 g/mol. The van der Waals surface area contributed by atoms with Gasteiger partial charge in [0.25, 0.3) is 0 Å². The summed E-state index contributed by atoms with van der Waals surface area (Å²) in [7, 11) is -5.97. The zero-order valence-corrected chi connectivity index (χ0v) is 26.2. The highest BCUT2D eigenvalue weighted by molar-refractivity contribution is 7.98. The standard InChI is InChI=1S/C32H32F5NO5S2/c1-19-16-24-25-18-43-30-27(34)13-12-26(33)29(30)31(25,45(40,41)23-10-6-21(7-11-23)32(35,36)37)15-14-28(24)38(44(19,3)39)17-20-4-8-22(42-2)9-5-20/h4-13,19,24-25,28H,3,14-18H2,1-2H3/t19?,24?,25-,28+,31-,44?/m0/s1. The molecule has 3 aromatic carbocycles. The third-order valence-electron chi connectivity index (χ3n) is 9.78. The summed E-state index contributed by atoms with van der Waals surface area (Å²) in [5.74, 6) is 0.855. The number of fused-ring (bicyclic) bond motifs is 5. The Morgan fingerprint density at radius 1 is 1.04 bits per heavy atom. The Labute approximate surface area is 259 Å². The maximum atomic E-state index is 15.8. The first-order valence-corrected chi connectivity index (χ1v) is 17.6. The molecule has 0 bridgehead atoms. The number of nitrogens with zero attached hydrogens (tertiary/aromatic N) is 1. The van der Waals surface area contributed by atoms with Crippen LogP contribution in [0.5, 0.6) is 11.5 Å². The number of sulfone groups is 1. The molecule has 0 N–H and O–H groups in total. The van der Waals surface area contributed by atoms with E-state index in [1.54, 1.807) is 30.5 Å². The van der Waals surface area contributed by atoms with Gasteiger partial charge in [-0.3, -0.25) is 4.21 Å². The molecule has 1 saturated carbocycles. The number of ether oxygens (including phenoxy) is 2. The fraction of sp³-hybridized carbons (Fsp3) is 0.406. The number of methoxy groups -OCH3 is 1. The van der Waals surface area contributed by atoms with E-state index in [1.165, 1.54) is 0 Å². The summed E-state index contributed by atoms with van der Waals surface area (Å²) in [6.45, 7) is 1.73. The van der Waals surface area contributed by atoms with Gasteiger partial charge in [-0.25, -0.2) is 21.5 Å². The van der Waals surface area contributed by atoms with Crippen LogP contribution < -0.4 is 9.47 Å². The molecule has 0 aromatic heterocycles. The fourth-order valence-corrected chi connectivity index (χ4v) is 12.0. The van der Waals surface area contributed by atoms with Crippen molar-refractivity contribution >= 4 is 25.4 Å². The highest BCUT2D eigenvalue weighted by Crippen LogP contribution is 2.60. The minimum Gasteiger partial charge on any atom is -0.497 e. The lowest BCUT2D eigenvalue weighted by Gasteiger charge is -2.58. The van der Waals surface area contributed by atoms with Gasteiger partial charge in [-0.2, -0.15) is 13.2 Å². The molecule has 2 aliphatic heterocycles. The molecule has 6 atom stereocenters. The molecule has 6 nitrogen and oxygen atoms in total. The average molecular weight is 670 g/mol. The number of hydrogen-bond donors (Lipinski definition) is 0. The van der Waals surface area contributed by atoms with E-state index in [1.807, 2.05) is 12.1 Å². The van der Waals surface area contributed by atoms with Gasteiger partial charge in [0, 0.05) is 33.5 Å².